The zero-order valence-electron chi connectivity index (χ0n) is 16.9. The largest absolute Gasteiger partial charge is 0.274 e. The molecule has 2 fully saturated rings. The summed E-state index contributed by atoms with van der Waals surface area (Å²) in [5.41, 5.74) is 3.67. The predicted molar refractivity (Wildman–Crippen MR) is 124 cm³/mol. The van der Waals surface area contributed by atoms with Crippen molar-refractivity contribution in [1.82, 2.24) is 10.4 Å². The maximum atomic E-state index is 14.7. The Morgan fingerprint density at radius 1 is 0.970 bits per heavy atom. The van der Waals surface area contributed by atoms with Gasteiger partial charge in [0.1, 0.15) is 11.9 Å². The van der Waals surface area contributed by atoms with Crippen molar-refractivity contribution in [3.8, 4) is 0 Å². The molecular weight excluding hydrogens is 513 g/mol. The first-order valence-corrected chi connectivity index (χ1v) is 11.3. The Balaban J connectivity index is 1.62. The molecule has 2 aliphatic rings. The zero-order valence-corrected chi connectivity index (χ0v) is 19.3. The first-order chi connectivity index (χ1) is 15.9. The number of hydrogen-bond donors (Lipinski definition) is 1. The number of hydrogen-bond acceptors (Lipinski definition) is 4. The minimum absolute atomic E-state index is 0.194. The molecule has 3 aromatic carbocycles. The maximum Gasteiger partial charge on any atom is 0.268 e. The Kier molecular flexibility index (Phi) is 5.52. The van der Waals surface area contributed by atoms with Gasteiger partial charge in [0, 0.05) is 15.6 Å². The van der Waals surface area contributed by atoms with Crippen LogP contribution in [-0.2, 0) is 9.59 Å². The number of carbonyl (C=O) groups is 3. The van der Waals surface area contributed by atoms with Crippen molar-refractivity contribution in [2.45, 2.75) is 12.1 Å². The molecule has 9 heteroatoms. The fraction of sp³-hybridized carbons (Fsp3) is 0.125. The number of hydrazine groups is 1. The molecule has 2 saturated heterocycles. The first kappa shape index (κ1) is 21.8. The molecule has 0 unspecified atom stereocenters. The van der Waals surface area contributed by atoms with Crippen molar-refractivity contribution in [3.63, 3.8) is 0 Å². The third kappa shape index (κ3) is 3.55. The van der Waals surface area contributed by atoms with Crippen LogP contribution in [0.4, 0.5) is 10.1 Å². The lowest BCUT2D eigenvalue weighted by Gasteiger charge is -2.25. The van der Waals surface area contributed by atoms with Gasteiger partial charge in [-0.25, -0.2) is 14.7 Å². The van der Waals surface area contributed by atoms with Gasteiger partial charge >= 0.3 is 0 Å². The van der Waals surface area contributed by atoms with Crippen LogP contribution in [0.3, 0.4) is 0 Å². The third-order valence-electron chi connectivity index (χ3n) is 5.86. The summed E-state index contributed by atoms with van der Waals surface area (Å²) in [7, 11) is 0. The smallest absolute Gasteiger partial charge is 0.268 e. The van der Waals surface area contributed by atoms with Gasteiger partial charge in [0.15, 0.2) is 0 Å². The summed E-state index contributed by atoms with van der Waals surface area (Å²) in [6.07, 6.45) is 0. The summed E-state index contributed by atoms with van der Waals surface area (Å²) in [4.78, 5) is 41.5. The Labute approximate surface area is 202 Å². The summed E-state index contributed by atoms with van der Waals surface area (Å²) >= 11 is 9.61. The van der Waals surface area contributed by atoms with Gasteiger partial charge in [-0.2, -0.15) is 0 Å². The van der Waals surface area contributed by atoms with Crippen LogP contribution in [-0.4, -0.2) is 28.8 Å². The molecule has 6 nitrogen and oxygen atoms in total. The van der Waals surface area contributed by atoms with E-state index >= 15 is 0 Å². The average molecular weight is 529 g/mol. The molecule has 0 radical (unpaired) electrons. The number of nitrogens with one attached hydrogen (secondary N) is 1. The van der Waals surface area contributed by atoms with Gasteiger partial charge in [-0.15, -0.1) is 0 Å². The molecule has 0 saturated carbocycles. The number of fused-ring (bicyclic) bond motifs is 1. The molecule has 2 heterocycles. The van der Waals surface area contributed by atoms with E-state index in [-0.39, 0.29) is 16.3 Å². The number of halogens is 3. The Hall–Kier alpha value is -3.07. The zero-order chi connectivity index (χ0) is 23.3. The highest BCUT2D eigenvalue weighted by Crippen LogP contribution is 2.44. The number of imide groups is 1. The van der Waals surface area contributed by atoms with E-state index < -0.39 is 41.5 Å². The van der Waals surface area contributed by atoms with Gasteiger partial charge < -0.3 is 0 Å². The van der Waals surface area contributed by atoms with Crippen molar-refractivity contribution in [2.75, 3.05) is 4.90 Å². The standard InChI is InChI=1S/C24H16BrClFN3O3/c25-14-7-5-6-13(12-14)22(31)30-21-19(20(28-30)15-8-1-3-10-17(15)27)23(32)29(24(21)33)18-11-4-2-9-16(18)26/h1-12,19-21,28H/t19-,20-,21-/m1/s1. The SMILES string of the molecule is O=C1[C@@H]2[C@@H](c3ccccc3F)NN(C(=O)c3cccc(Br)c3)[C@H]2C(=O)N1c1ccccc1Cl. The van der Waals surface area contributed by atoms with E-state index in [0.717, 1.165) is 9.91 Å². The molecule has 3 atom stereocenters. The van der Waals surface area contributed by atoms with Crippen molar-refractivity contribution in [1.29, 1.82) is 0 Å². The third-order valence-corrected chi connectivity index (χ3v) is 6.67. The van der Waals surface area contributed by atoms with Gasteiger partial charge in [-0.05, 0) is 36.4 Å². The highest BCUT2D eigenvalue weighted by Gasteiger charge is 2.61. The number of carbonyl (C=O) groups excluding carboxylic acids is 3. The number of amides is 3. The number of anilines is 1. The molecule has 166 valence electrons. The highest BCUT2D eigenvalue weighted by atomic mass is 79.9. The van der Waals surface area contributed by atoms with E-state index in [2.05, 4.69) is 21.4 Å². The second kappa shape index (κ2) is 8.37. The van der Waals surface area contributed by atoms with E-state index in [9.17, 15) is 18.8 Å². The molecule has 2 aliphatic heterocycles. The molecule has 0 bridgehead atoms. The molecule has 0 aromatic heterocycles. The van der Waals surface area contributed by atoms with Crippen LogP contribution < -0.4 is 10.3 Å². The molecule has 3 amide bonds. The summed E-state index contributed by atoms with van der Waals surface area (Å²) in [6.45, 7) is 0. The van der Waals surface area contributed by atoms with Crippen LogP contribution >= 0.6 is 27.5 Å². The Bertz CT molecular complexity index is 1300. The van der Waals surface area contributed by atoms with Crippen LogP contribution in [0.15, 0.2) is 77.3 Å². The summed E-state index contributed by atoms with van der Waals surface area (Å²) < 4.78 is 15.4. The fourth-order valence-electron chi connectivity index (χ4n) is 4.39. The molecule has 0 aliphatic carbocycles. The van der Waals surface area contributed by atoms with Gasteiger partial charge in [0.2, 0.25) is 5.91 Å². The van der Waals surface area contributed by atoms with Crippen LogP contribution in [0.1, 0.15) is 22.0 Å². The topological polar surface area (TPSA) is 69.7 Å². The Morgan fingerprint density at radius 3 is 2.42 bits per heavy atom. The summed E-state index contributed by atoms with van der Waals surface area (Å²) in [6, 6.07) is 17.1. The van der Waals surface area contributed by atoms with Crippen molar-refractivity contribution < 1.29 is 18.8 Å². The van der Waals surface area contributed by atoms with Gasteiger partial charge in [0.05, 0.1) is 22.7 Å². The monoisotopic (exact) mass is 527 g/mol. The maximum absolute atomic E-state index is 14.7. The summed E-state index contributed by atoms with van der Waals surface area (Å²) in [5.74, 6) is -3.23. The molecule has 5 rings (SSSR count). The van der Waals surface area contributed by atoms with E-state index in [1.165, 1.54) is 18.2 Å². The van der Waals surface area contributed by atoms with Crippen molar-refractivity contribution in [2.24, 2.45) is 5.92 Å². The van der Waals surface area contributed by atoms with E-state index in [1.54, 1.807) is 54.6 Å². The second-order valence-electron chi connectivity index (χ2n) is 7.75. The van der Waals surface area contributed by atoms with Gasteiger partial charge in [0.25, 0.3) is 11.8 Å². The van der Waals surface area contributed by atoms with Gasteiger partial charge in [-0.3, -0.25) is 19.4 Å². The number of para-hydroxylation sites is 1. The lowest BCUT2D eigenvalue weighted by molar-refractivity contribution is -0.123. The number of nitrogens with zero attached hydrogens (tertiary/aromatic N) is 2. The van der Waals surface area contributed by atoms with E-state index in [4.69, 9.17) is 11.6 Å². The molecule has 1 N–H and O–H groups in total. The molecular formula is C24H16BrClFN3O3. The quantitative estimate of drug-likeness (QED) is 0.508. The molecule has 0 spiro atoms. The minimum atomic E-state index is -1.16. The highest BCUT2D eigenvalue weighted by molar-refractivity contribution is 9.10. The van der Waals surface area contributed by atoms with Crippen LogP contribution in [0, 0.1) is 11.7 Å². The van der Waals surface area contributed by atoms with Crippen molar-refractivity contribution in [3.05, 3.63) is 99.2 Å². The number of rotatable bonds is 3. The van der Waals surface area contributed by atoms with E-state index in [1.807, 2.05) is 0 Å². The predicted octanol–water partition coefficient (Wildman–Crippen LogP) is 4.50. The van der Waals surface area contributed by atoms with Crippen LogP contribution in [0.2, 0.25) is 5.02 Å². The van der Waals surface area contributed by atoms with Crippen LogP contribution in [0.25, 0.3) is 0 Å². The van der Waals surface area contributed by atoms with Crippen molar-refractivity contribution >= 4 is 50.9 Å². The van der Waals surface area contributed by atoms with Crippen LogP contribution in [0.5, 0.6) is 0 Å². The lowest BCUT2D eigenvalue weighted by atomic mass is 9.90. The minimum Gasteiger partial charge on any atom is -0.274 e. The first-order valence-electron chi connectivity index (χ1n) is 10.1. The fourth-order valence-corrected chi connectivity index (χ4v) is 5.01. The summed E-state index contributed by atoms with van der Waals surface area (Å²) in [5, 5.41) is 1.36. The van der Waals surface area contributed by atoms with E-state index in [0.29, 0.717) is 10.0 Å². The lowest BCUT2D eigenvalue weighted by Crippen LogP contribution is -2.48. The molecule has 33 heavy (non-hydrogen) atoms. The average Bonchev–Trinajstić information content (AvgIpc) is 3.31. The Morgan fingerprint density at radius 2 is 1.70 bits per heavy atom. The number of benzene rings is 3. The molecule has 3 aromatic rings. The second-order valence-corrected chi connectivity index (χ2v) is 9.07. The van der Waals surface area contributed by atoms with Gasteiger partial charge in [-0.1, -0.05) is 63.9 Å². The normalized spacial score (nSPS) is 22.1.